The van der Waals surface area contributed by atoms with Gasteiger partial charge in [-0.15, -0.1) is 0 Å². The van der Waals surface area contributed by atoms with E-state index in [1.165, 1.54) is 7.11 Å². The Morgan fingerprint density at radius 1 is 1.06 bits per heavy atom. The molecule has 2 fully saturated rings. The standard InChI is InChI=1S/C12H21N3O3/c1-18-12(17)15-8-6-14(7-9-15)11(16)10-2-4-13-5-3-10/h10,13H,2-9H2,1H3. The number of piperazine rings is 1. The molecule has 2 amide bonds. The van der Waals surface area contributed by atoms with Gasteiger partial charge in [-0.2, -0.15) is 0 Å². The van der Waals surface area contributed by atoms with Gasteiger partial charge in [0.1, 0.15) is 0 Å². The van der Waals surface area contributed by atoms with Crippen molar-refractivity contribution >= 4 is 12.0 Å². The van der Waals surface area contributed by atoms with Crippen LogP contribution in [0.3, 0.4) is 0 Å². The van der Waals surface area contributed by atoms with Crippen molar-refractivity contribution in [2.75, 3.05) is 46.4 Å². The number of nitrogens with one attached hydrogen (secondary N) is 1. The Balaban J connectivity index is 1.81. The Labute approximate surface area is 107 Å². The van der Waals surface area contributed by atoms with Gasteiger partial charge in [-0.25, -0.2) is 4.79 Å². The van der Waals surface area contributed by atoms with Crippen LogP contribution in [0.15, 0.2) is 0 Å². The zero-order chi connectivity index (χ0) is 13.0. The fourth-order valence-electron chi connectivity index (χ4n) is 2.57. The molecule has 2 aliphatic heterocycles. The molecular formula is C12H21N3O3. The minimum atomic E-state index is -0.302. The second-order valence-corrected chi connectivity index (χ2v) is 4.81. The number of piperidine rings is 1. The smallest absolute Gasteiger partial charge is 0.409 e. The number of nitrogens with zero attached hydrogens (tertiary/aromatic N) is 2. The lowest BCUT2D eigenvalue weighted by Gasteiger charge is -2.36. The first-order valence-corrected chi connectivity index (χ1v) is 6.55. The molecule has 6 nitrogen and oxygen atoms in total. The first-order chi connectivity index (χ1) is 8.72. The summed E-state index contributed by atoms with van der Waals surface area (Å²) >= 11 is 0. The van der Waals surface area contributed by atoms with Crippen molar-refractivity contribution in [2.45, 2.75) is 12.8 Å². The first kappa shape index (κ1) is 13.1. The van der Waals surface area contributed by atoms with E-state index in [4.69, 9.17) is 0 Å². The molecule has 0 aromatic rings. The number of methoxy groups -OCH3 is 1. The zero-order valence-corrected chi connectivity index (χ0v) is 10.9. The summed E-state index contributed by atoms with van der Waals surface area (Å²) in [5.74, 6) is 0.414. The average Bonchev–Trinajstić information content (AvgIpc) is 2.47. The largest absolute Gasteiger partial charge is 0.453 e. The van der Waals surface area contributed by atoms with Crippen LogP contribution in [0.5, 0.6) is 0 Å². The monoisotopic (exact) mass is 255 g/mol. The van der Waals surface area contributed by atoms with E-state index < -0.39 is 0 Å². The van der Waals surface area contributed by atoms with Gasteiger partial charge in [0.25, 0.3) is 0 Å². The van der Waals surface area contributed by atoms with Crippen molar-refractivity contribution in [2.24, 2.45) is 5.92 Å². The van der Waals surface area contributed by atoms with Crippen molar-refractivity contribution in [3.8, 4) is 0 Å². The lowest BCUT2D eigenvalue weighted by atomic mass is 9.96. The van der Waals surface area contributed by atoms with Crippen LogP contribution in [0.2, 0.25) is 0 Å². The van der Waals surface area contributed by atoms with Gasteiger partial charge in [0.15, 0.2) is 0 Å². The van der Waals surface area contributed by atoms with E-state index in [-0.39, 0.29) is 17.9 Å². The van der Waals surface area contributed by atoms with Gasteiger partial charge in [-0.1, -0.05) is 0 Å². The number of carbonyl (C=O) groups excluding carboxylic acids is 2. The molecule has 18 heavy (non-hydrogen) atoms. The van der Waals surface area contributed by atoms with Crippen molar-refractivity contribution in [1.82, 2.24) is 15.1 Å². The molecule has 0 aromatic heterocycles. The third kappa shape index (κ3) is 2.93. The highest BCUT2D eigenvalue weighted by molar-refractivity contribution is 5.79. The lowest BCUT2D eigenvalue weighted by Crippen LogP contribution is -2.52. The van der Waals surface area contributed by atoms with Crippen LogP contribution >= 0.6 is 0 Å². The predicted octanol–water partition coefficient (Wildman–Crippen LogP) is -0.103. The summed E-state index contributed by atoms with van der Waals surface area (Å²) < 4.78 is 4.68. The molecule has 0 atom stereocenters. The van der Waals surface area contributed by atoms with E-state index >= 15 is 0 Å². The van der Waals surface area contributed by atoms with E-state index in [1.807, 2.05) is 4.90 Å². The Morgan fingerprint density at radius 2 is 1.61 bits per heavy atom. The summed E-state index contributed by atoms with van der Waals surface area (Å²) in [5, 5.41) is 3.26. The molecule has 2 aliphatic rings. The van der Waals surface area contributed by atoms with Gasteiger partial charge in [0.2, 0.25) is 5.91 Å². The minimum absolute atomic E-state index is 0.163. The maximum absolute atomic E-state index is 12.3. The fraction of sp³-hybridized carbons (Fsp3) is 0.833. The minimum Gasteiger partial charge on any atom is -0.453 e. The molecule has 0 aromatic carbocycles. The van der Waals surface area contributed by atoms with Crippen LogP contribution in [-0.2, 0) is 9.53 Å². The Morgan fingerprint density at radius 3 is 2.17 bits per heavy atom. The van der Waals surface area contributed by atoms with Crippen LogP contribution in [0.25, 0.3) is 0 Å². The van der Waals surface area contributed by atoms with Crippen molar-refractivity contribution in [3.63, 3.8) is 0 Å². The summed E-state index contributed by atoms with van der Waals surface area (Å²) in [6.07, 6.45) is 1.55. The predicted molar refractivity (Wildman–Crippen MR) is 66.2 cm³/mol. The summed E-state index contributed by atoms with van der Waals surface area (Å²) in [6, 6.07) is 0. The molecule has 0 bridgehead atoms. The molecule has 102 valence electrons. The van der Waals surface area contributed by atoms with Gasteiger partial charge >= 0.3 is 6.09 Å². The van der Waals surface area contributed by atoms with E-state index in [9.17, 15) is 9.59 Å². The number of hydrogen-bond acceptors (Lipinski definition) is 4. The van der Waals surface area contributed by atoms with E-state index in [2.05, 4.69) is 10.1 Å². The number of amides is 2. The second kappa shape index (κ2) is 6.04. The summed E-state index contributed by atoms with van der Waals surface area (Å²) in [5.41, 5.74) is 0. The normalized spacial score (nSPS) is 21.8. The van der Waals surface area contributed by atoms with Crippen LogP contribution in [-0.4, -0.2) is 68.2 Å². The van der Waals surface area contributed by atoms with Crippen LogP contribution < -0.4 is 5.32 Å². The molecule has 0 radical (unpaired) electrons. The molecular weight excluding hydrogens is 234 g/mol. The maximum Gasteiger partial charge on any atom is 0.409 e. The van der Waals surface area contributed by atoms with Crippen LogP contribution in [0.1, 0.15) is 12.8 Å². The zero-order valence-electron chi connectivity index (χ0n) is 10.9. The average molecular weight is 255 g/mol. The molecule has 1 N–H and O–H groups in total. The molecule has 0 spiro atoms. The SMILES string of the molecule is COC(=O)N1CCN(C(=O)C2CCNCC2)CC1. The fourth-order valence-corrected chi connectivity index (χ4v) is 2.57. The van der Waals surface area contributed by atoms with Gasteiger partial charge in [0, 0.05) is 32.1 Å². The molecule has 0 unspecified atom stereocenters. The van der Waals surface area contributed by atoms with Gasteiger partial charge in [-0.3, -0.25) is 4.79 Å². The van der Waals surface area contributed by atoms with Crippen LogP contribution in [0.4, 0.5) is 4.79 Å². The Hall–Kier alpha value is -1.30. The molecule has 2 rings (SSSR count). The van der Waals surface area contributed by atoms with Gasteiger partial charge in [0.05, 0.1) is 7.11 Å². The Bertz CT molecular complexity index is 308. The number of hydrogen-bond donors (Lipinski definition) is 1. The highest BCUT2D eigenvalue weighted by atomic mass is 16.5. The number of ether oxygens (including phenoxy) is 1. The molecule has 6 heteroatoms. The van der Waals surface area contributed by atoms with Crippen LogP contribution in [0, 0.1) is 5.92 Å². The number of carbonyl (C=O) groups is 2. The van der Waals surface area contributed by atoms with Crippen molar-refractivity contribution < 1.29 is 14.3 Å². The van der Waals surface area contributed by atoms with E-state index in [0.717, 1.165) is 25.9 Å². The van der Waals surface area contributed by atoms with Crippen molar-refractivity contribution in [1.29, 1.82) is 0 Å². The summed E-state index contributed by atoms with van der Waals surface area (Å²) in [7, 11) is 1.38. The highest BCUT2D eigenvalue weighted by Crippen LogP contribution is 2.16. The third-order valence-electron chi connectivity index (χ3n) is 3.71. The van der Waals surface area contributed by atoms with E-state index in [0.29, 0.717) is 26.2 Å². The first-order valence-electron chi connectivity index (χ1n) is 6.55. The third-order valence-corrected chi connectivity index (χ3v) is 3.71. The highest BCUT2D eigenvalue weighted by Gasteiger charge is 2.29. The molecule has 2 heterocycles. The lowest BCUT2D eigenvalue weighted by molar-refractivity contribution is -0.137. The Kier molecular flexibility index (Phi) is 4.41. The van der Waals surface area contributed by atoms with Crippen molar-refractivity contribution in [3.05, 3.63) is 0 Å². The summed E-state index contributed by atoms with van der Waals surface area (Å²) in [6.45, 7) is 4.25. The van der Waals surface area contributed by atoms with E-state index in [1.54, 1.807) is 4.90 Å². The number of rotatable bonds is 1. The molecule has 2 saturated heterocycles. The van der Waals surface area contributed by atoms with Gasteiger partial charge < -0.3 is 19.9 Å². The quantitative estimate of drug-likeness (QED) is 0.710. The van der Waals surface area contributed by atoms with Gasteiger partial charge in [-0.05, 0) is 25.9 Å². The summed E-state index contributed by atoms with van der Waals surface area (Å²) in [4.78, 5) is 27.1. The molecule has 0 saturated carbocycles. The second-order valence-electron chi connectivity index (χ2n) is 4.81. The molecule has 0 aliphatic carbocycles. The topological polar surface area (TPSA) is 61.9 Å². The maximum atomic E-state index is 12.3.